The highest BCUT2D eigenvalue weighted by molar-refractivity contribution is 7.12. The predicted octanol–water partition coefficient (Wildman–Crippen LogP) is 2.81. The number of hydrogen-bond donors (Lipinski definition) is 1. The lowest BCUT2D eigenvalue weighted by Crippen LogP contribution is -2.02. The zero-order valence-electron chi connectivity index (χ0n) is 10.7. The molecule has 0 saturated heterocycles. The summed E-state index contributed by atoms with van der Waals surface area (Å²) in [5, 5.41) is 21.5. The van der Waals surface area contributed by atoms with Gasteiger partial charge in [-0.15, -0.1) is 11.3 Å². The lowest BCUT2D eigenvalue weighted by molar-refractivity contribution is -0.385. The standard InChI is InChI=1S/C13H9NO6S/c1-20-13(17)11-5-8(6-21-11)7-2-3-9(12(15)16)10(4-7)14(18)19/h2-6H,1H3,(H,15,16). The second kappa shape index (κ2) is 5.71. The lowest BCUT2D eigenvalue weighted by atomic mass is 10.0. The van der Waals surface area contributed by atoms with E-state index in [9.17, 15) is 19.7 Å². The predicted molar refractivity (Wildman–Crippen MR) is 74.7 cm³/mol. The van der Waals surface area contributed by atoms with Gasteiger partial charge in [0.15, 0.2) is 0 Å². The maximum atomic E-state index is 11.4. The fourth-order valence-corrected chi connectivity index (χ4v) is 2.57. The molecule has 0 aliphatic rings. The van der Waals surface area contributed by atoms with Crippen LogP contribution in [0.3, 0.4) is 0 Å². The maximum Gasteiger partial charge on any atom is 0.348 e. The molecule has 1 aromatic carbocycles. The number of carboxylic acids is 1. The van der Waals surface area contributed by atoms with Gasteiger partial charge in [0, 0.05) is 6.07 Å². The number of carboxylic acid groups (broad SMARTS) is 1. The summed E-state index contributed by atoms with van der Waals surface area (Å²) in [5.74, 6) is -1.86. The van der Waals surface area contributed by atoms with E-state index >= 15 is 0 Å². The van der Waals surface area contributed by atoms with Crippen LogP contribution in [0.15, 0.2) is 29.6 Å². The fourth-order valence-electron chi connectivity index (χ4n) is 1.74. The average Bonchev–Trinajstić information content (AvgIpc) is 2.95. The molecule has 0 saturated carbocycles. The Morgan fingerprint density at radius 2 is 2.00 bits per heavy atom. The van der Waals surface area contributed by atoms with Crippen LogP contribution in [0.5, 0.6) is 0 Å². The molecule has 7 nitrogen and oxygen atoms in total. The van der Waals surface area contributed by atoms with Gasteiger partial charge in [0.25, 0.3) is 5.69 Å². The van der Waals surface area contributed by atoms with E-state index < -0.39 is 22.5 Å². The molecule has 0 unspecified atom stereocenters. The quantitative estimate of drug-likeness (QED) is 0.528. The minimum atomic E-state index is -1.37. The molecule has 0 radical (unpaired) electrons. The van der Waals surface area contributed by atoms with E-state index in [1.807, 2.05) is 0 Å². The molecule has 1 aromatic heterocycles. The van der Waals surface area contributed by atoms with Crippen molar-refractivity contribution in [2.24, 2.45) is 0 Å². The van der Waals surface area contributed by atoms with Crippen molar-refractivity contribution in [2.75, 3.05) is 7.11 Å². The van der Waals surface area contributed by atoms with Gasteiger partial charge >= 0.3 is 11.9 Å². The second-order valence-electron chi connectivity index (χ2n) is 3.99. The third-order valence-corrected chi connectivity index (χ3v) is 3.65. The summed E-state index contributed by atoms with van der Waals surface area (Å²) in [7, 11) is 1.26. The van der Waals surface area contributed by atoms with E-state index in [1.54, 1.807) is 5.38 Å². The van der Waals surface area contributed by atoms with Gasteiger partial charge < -0.3 is 9.84 Å². The van der Waals surface area contributed by atoms with Crippen LogP contribution in [0.1, 0.15) is 20.0 Å². The van der Waals surface area contributed by atoms with Crippen LogP contribution in [0.4, 0.5) is 5.69 Å². The summed E-state index contributed by atoms with van der Waals surface area (Å²) in [6.07, 6.45) is 0. The van der Waals surface area contributed by atoms with Crippen molar-refractivity contribution in [3.8, 4) is 11.1 Å². The number of thiophene rings is 1. The van der Waals surface area contributed by atoms with E-state index in [2.05, 4.69) is 4.74 Å². The molecule has 0 spiro atoms. The molecule has 0 atom stereocenters. The first-order valence-electron chi connectivity index (χ1n) is 5.63. The first kappa shape index (κ1) is 14.7. The molecule has 0 fully saturated rings. The van der Waals surface area contributed by atoms with E-state index in [0.29, 0.717) is 16.0 Å². The Hall–Kier alpha value is -2.74. The molecule has 2 rings (SSSR count). The van der Waals surface area contributed by atoms with Gasteiger partial charge in [0.2, 0.25) is 0 Å². The number of methoxy groups -OCH3 is 1. The molecule has 21 heavy (non-hydrogen) atoms. The number of benzene rings is 1. The smallest absolute Gasteiger partial charge is 0.348 e. The number of hydrogen-bond acceptors (Lipinski definition) is 6. The summed E-state index contributed by atoms with van der Waals surface area (Å²) in [6, 6.07) is 5.34. The topological polar surface area (TPSA) is 107 Å². The minimum Gasteiger partial charge on any atom is -0.477 e. The van der Waals surface area contributed by atoms with Crippen LogP contribution in [-0.2, 0) is 4.74 Å². The first-order chi connectivity index (χ1) is 9.93. The van der Waals surface area contributed by atoms with Crippen molar-refractivity contribution in [2.45, 2.75) is 0 Å². The van der Waals surface area contributed by atoms with Gasteiger partial charge in [-0.25, -0.2) is 9.59 Å². The largest absolute Gasteiger partial charge is 0.477 e. The van der Waals surface area contributed by atoms with Gasteiger partial charge in [-0.05, 0) is 28.6 Å². The Morgan fingerprint density at radius 3 is 2.57 bits per heavy atom. The maximum absolute atomic E-state index is 11.4. The number of rotatable bonds is 4. The van der Waals surface area contributed by atoms with E-state index in [4.69, 9.17) is 5.11 Å². The van der Waals surface area contributed by atoms with Crippen LogP contribution in [0, 0.1) is 10.1 Å². The van der Waals surface area contributed by atoms with Gasteiger partial charge in [0.05, 0.1) is 12.0 Å². The van der Waals surface area contributed by atoms with Gasteiger partial charge in [-0.1, -0.05) is 6.07 Å². The number of esters is 1. The number of ether oxygens (including phenoxy) is 1. The van der Waals surface area contributed by atoms with E-state index in [1.165, 1.54) is 31.4 Å². The Balaban J connectivity index is 2.48. The van der Waals surface area contributed by atoms with Crippen LogP contribution < -0.4 is 0 Å². The SMILES string of the molecule is COC(=O)c1cc(-c2ccc(C(=O)O)c([N+](=O)[O-])c2)cs1. The molecule has 1 heterocycles. The number of nitrogens with zero attached hydrogens (tertiary/aromatic N) is 1. The third-order valence-electron chi connectivity index (χ3n) is 2.74. The number of carbonyl (C=O) groups is 2. The summed E-state index contributed by atoms with van der Waals surface area (Å²) >= 11 is 1.14. The summed E-state index contributed by atoms with van der Waals surface area (Å²) in [6.45, 7) is 0. The summed E-state index contributed by atoms with van der Waals surface area (Å²) in [4.78, 5) is 32.9. The third kappa shape index (κ3) is 2.90. The summed E-state index contributed by atoms with van der Waals surface area (Å²) < 4.78 is 4.58. The highest BCUT2D eigenvalue weighted by Gasteiger charge is 2.21. The first-order valence-corrected chi connectivity index (χ1v) is 6.51. The normalized spacial score (nSPS) is 10.1. The van der Waals surface area contributed by atoms with Gasteiger partial charge in [0.1, 0.15) is 10.4 Å². The van der Waals surface area contributed by atoms with Crippen molar-refractivity contribution in [3.05, 3.63) is 50.2 Å². The number of nitro benzene ring substituents is 1. The van der Waals surface area contributed by atoms with Crippen LogP contribution in [0.2, 0.25) is 0 Å². The van der Waals surface area contributed by atoms with Gasteiger partial charge in [-0.3, -0.25) is 10.1 Å². The lowest BCUT2D eigenvalue weighted by Gasteiger charge is -2.01. The zero-order valence-corrected chi connectivity index (χ0v) is 11.5. The van der Waals surface area contributed by atoms with Crippen LogP contribution >= 0.6 is 11.3 Å². The average molecular weight is 307 g/mol. The van der Waals surface area contributed by atoms with Gasteiger partial charge in [-0.2, -0.15) is 0 Å². The molecular weight excluding hydrogens is 298 g/mol. The molecule has 0 amide bonds. The van der Waals surface area contributed by atoms with Crippen LogP contribution in [0.25, 0.3) is 11.1 Å². The van der Waals surface area contributed by atoms with Crippen molar-refractivity contribution < 1.29 is 24.4 Å². The Labute approximate surface area is 122 Å². The highest BCUT2D eigenvalue weighted by atomic mass is 32.1. The minimum absolute atomic E-state index is 0.359. The summed E-state index contributed by atoms with van der Waals surface area (Å²) in [5.41, 5.74) is 0.163. The molecule has 108 valence electrons. The highest BCUT2D eigenvalue weighted by Crippen LogP contribution is 2.30. The van der Waals surface area contributed by atoms with Crippen LogP contribution in [-0.4, -0.2) is 29.1 Å². The molecule has 8 heteroatoms. The molecule has 0 bridgehead atoms. The Kier molecular flexibility index (Phi) is 3.99. The Morgan fingerprint density at radius 1 is 1.29 bits per heavy atom. The van der Waals surface area contributed by atoms with Crippen molar-refractivity contribution in [1.82, 2.24) is 0 Å². The molecule has 1 N–H and O–H groups in total. The van der Waals surface area contributed by atoms with Crippen molar-refractivity contribution in [1.29, 1.82) is 0 Å². The zero-order chi connectivity index (χ0) is 15.6. The second-order valence-corrected chi connectivity index (χ2v) is 4.90. The van der Waals surface area contributed by atoms with E-state index in [0.717, 1.165) is 11.3 Å². The van der Waals surface area contributed by atoms with Crippen molar-refractivity contribution >= 4 is 29.0 Å². The number of carbonyl (C=O) groups excluding carboxylic acids is 1. The number of nitro groups is 1. The fraction of sp³-hybridized carbons (Fsp3) is 0.0769. The van der Waals surface area contributed by atoms with Crippen molar-refractivity contribution in [3.63, 3.8) is 0 Å². The number of aromatic carboxylic acids is 1. The molecule has 0 aliphatic carbocycles. The molecular formula is C13H9NO6S. The molecule has 2 aromatic rings. The monoisotopic (exact) mass is 307 g/mol. The Bertz CT molecular complexity index is 736. The molecule has 0 aliphatic heterocycles. The van der Waals surface area contributed by atoms with E-state index in [-0.39, 0.29) is 5.56 Å².